The minimum absolute atomic E-state index is 0.570. The summed E-state index contributed by atoms with van der Waals surface area (Å²) >= 11 is 9.50. The first-order valence-corrected chi connectivity index (χ1v) is 6.98. The zero-order valence-corrected chi connectivity index (χ0v) is 10.9. The molecule has 2 heterocycles. The number of hydrogen-bond donors (Lipinski definition) is 0. The third kappa shape index (κ3) is 2.62. The SMILES string of the molecule is CC(C)SCc1nc(Cl)c2ccsc2n1. The summed E-state index contributed by atoms with van der Waals surface area (Å²) in [5.41, 5.74) is 0. The maximum Gasteiger partial charge on any atom is 0.141 e. The fourth-order valence-electron chi connectivity index (χ4n) is 1.17. The Kier molecular flexibility index (Phi) is 3.49. The van der Waals surface area contributed by atoms with E-state index in [0.29, 0.717) is 10.4 Å². The summed E-state index contributed by atoms with van der Waals surface area (Å²) in [6.07, 6.45) is 0. The molecule has 0 bridgehead atoms. The molecule has 2 nitrogen and oxygen atoms in total. The van der Waals surface area contributed by atoms with E-state index in [9.17, 15) is 0 Å². The van der Waals surface area contributed by atoms with Gasteiger partial charge in [-0.1, -0.05) is 25.4 Å². The van der Waals surface area contributed by atoms with E-state index >= 15 is 0 Å². The quantitative estimate of drug-likeness (QED) is 0.779. The average Bonchev–Trinajstić information content (AvgIpc) is 2.63. The Balaban J connectivity index is 2.28. The Morgan fingerprint density at radius 3 is 3.00 bits per heavy atom. The van der Waals surface area contributed by atoms with Gasteiger partial charge >= 0.3 is 0 Å². The molecule has 0 amide bonds. The summed E-state index contributed by atoms with van der Waals surface area (Å²) < 4.78 is 0. The zero-order chi connectivity index (χ0) is 10.8. The molecule has 0 fully saturated rings. The second kappa shape index (κ2) is 4.68. The standard InChI is InChI=1S/C10H11ClN2S2/c1-6(2)15-5-8-12-9(11)7-3-4-14-10(7)13-8/h3-4,6H,5H2,1-2H3. The first-order valence-electron chi connectivity index (χ1n) is 4.68. The van der Waals surface area contributed by atoms with Gasteiger partial charge in [-0.15, -0.1) is 11.3 Å². The van der Waals surface area contributed by atoms with Crippen molar-refractivity contribution in [3.63, 3.8) is 0 Å². The summed E-state index contributed by atoms with van der Waals surface area (Å²) in [5, 5.41) is 4.11. The summed E-state index contributed by atoms with van der Waals surface area (Å²) in [5.74, 6) is 1.65. The van der Waals surface area contributed by atoms with Crippen LogP contribution < -0.4 is 0 Å². The van der Waals surface area contributed by atoms with Crippen LogP contribution in [0.2, 0.25) is 5.15 Å². The van der Waals surface area contributed by atoms with Crippen molar-refractivity contribution in [2.75, 3.05) is 0 Å². The topological polar surface area (TPSA) is 25.8 Å². The van der Waals surface area contributed by atoms with Gasteiger partial charge in [-0.2, -0.15) is 11.8 Å². The fourth-order valence-corrected chi connectivity index (χ4v) is 2.87. The number of aromatic nitrogens is 2. The van der Waals surface area contributed by atoms with Gasteiger partial charge in [0.1, 0.15) is 15.8 Å². The van der Waals surface area contributed by atoms with Gasteiger partial charge in [0, 0.05) is 5.39 Å². The lowest BCUT2D eigenvalue weighted by Gasteiger charge is -2.04. The lowest BCUT2D eigenvalue weighted by atomic mass is 10.4. The van der Waals surface area contributed by atoms with Gasteiger partial charge in [-0.25, -0.2) is 9.97 Å². The van der Waals surface area contributed by atoms with Gasteiger partial charge in [0.2, 0.25) is 0 Å². The van der Waals surface area contributed by atoms with Crippen LogP contribution in [0.4, 0.5) is 0 Å². The minimum Gasteiger partial charge on any atom is -0.221 e. The molecule has 0 atom stereocenters. The predicted molar refractivity (Wildman–Crippen MR) is 68.9 cm³/mol. The molecule has 0 saturated heterocycles. The van der Waals surface area contributed by atoms with Crippen molar-refractivity contribution in [1.29, 1.82) is 0 Å². The molecule has 0 aliphatic rings. The van der Waals surface area contributed by atoms with Crippen LogP contribution in [-0.2, 0) is 5.75 Å². The lowest BCUT2D eigenvalue weighted by Crippen LogP contribution is -1.95. The first kappa shape index (κ1) is 11.2. The molecule has 0 spiro atoms. The second-order valence-corrected chi connectivity index (χ2v) is 6.25. The van der Waals surface area contributed by atoms with E-state index in [4.69, 9.17) is 11.6 Å². The summed E-state index contributed by atoms with van der Waals surface area (Å²) in [6, 6.07) is 1.96. The molecule has 2 aromatic heterocycles. The average molecular weight is 259 g/mol. The van der Waals surface area contributed by atoms with Crippen LogP contribution in [0.1, 0.15) is 19.7 Å². The Morgan fingerprint density at radius 2 is 2.27 bits per heavy atom. The minimum atomic E-state index is 0.570. The fraction of sp³-hybridized carbons (Fsp3) is 0.400. The molecule has 0 N–H and O–H groups in total. The van der Waals surface area contributed by atoms with Crippen molar-refractivity contribution in [2.45, 2.75) is 24.9 Å². The molecule has 0 radical (unpaired) electrons. The van der Waals surface area contributed by atoms with E-state index in [-0.39, 0.29) is 0 Å². The van der Waals surface area contributed by atoms with Gasteiger partial charge in [0.05, 0.1) is 5.75 Å². The number of nitrogens with zero attached hydrogens (tertiary/aromatic N) is 2. The molecular weight excluding hydrogens is 248 g/mol. The monoisotopic (exact) mass is 258 g/mol. The highest BCUT2D eigenvalue weighted by molar-refractivity contribution is 7.99. The lowest BCUT2D eigenvalue weighted by molar-refractivity contribution is 1.05. The van der Waals surface area contributed by atoms with Crippen molar-refractivity contribution in [3.05, 3.63) is 22.4 Å². The number of halogens is 1. The van der Waals surface area contributed by atoms with Gasteiger partial charge < -0.3 is 0 Å². The van der Waals surface area contributed by atoms with E-state index in [1.54, 1.807) is 11.3 Å². The first-order chi connectivity index (χ1) is 7.16. The van der Waals surface area contributed by atoms with Crippen LogP contribution in [0.5, 0.6) is 0 Å². The molecule has 80 valence electrons. The van der Waals surface area contributed by atoms with Gasteiger partial charge in [0.15, 0.2) is 0 Å². The Labute approximate surface area is 102 Å². The van der Waals surface area contributed by atoms with Crippen LogP contribution >= 0.6 is 34.7 Å². The van der Waals surface area contributed by atoms with Gasteiger partial charge in [0.25, 0.3) is 0 Å². The molecule has 5 heteroatoms. The molecular formula is C10H11ClN2S2. The van der Waals surface area contributed by atoms with Crippen molar-refractivity contribution in [3.8, 4) is 0 Å². The van der Waals surface area contributed by atoms with Gasteiger partial charge in [-0.3, -0.25) is 0 Å². The maximum absolute atomic E-state index is 6.07. The Hall–Kier alpha value is -0.320. The molecule has 0 saturated carbocycles. The van der Waals surface area contributed by atoms with E-state index < -0.39 is 0 Å². The van der Waals surface area contributed by atoms with Crippen molar-refractivity contribution >= 4 is 44.9 Å². The van der Waals surface area contributed by atoms with Crippen LogP contribution in [0.3, 0.4) is 0 Å². The molecule has 2 rings (SSSR count). The Morgan fingerprint density at radius 1 is 1.47 bits per heavy atom. The smallest absolute Gasteiger partial charge is 0.141 e. The van der Waals surface area contributed by atoms with Crippen LogP contribution in [0, 0.1) is 0 Å². The highest BCUT2D eigenvalue weighted by atomic mass is 35.5. The number of hydrogen-bond acceptors (Lipinski definition) is 4. The molecule has 0 unspecified atom stereocenters. The van der Waals surface area contributed by atoms with Crippen molar-refractivity contribution in [1.82, 2.24) is 9.97 Å². The second-order valence-electron chi connectivity index (χ2n) is 3.43. The molecule has 0 aromatic carbocycles. The summed E-state index contributed by atoms with van der Waals surface area (Å²) in [6.45, 7) is 4.33. The van der Waals surface area contributed by atoms with Crippen LogP contribution in [0.25, 0.3) is 10.2 Å². The number of rotatable bonds is 3. The van der Waals surface area contributed by atoms with Crippen molar-refractivity contribution in [2.24, 2.45) is 0 Å². The van der Waals surface area contributed by atoms with E-state index in [1.165, 1.54) is 0 Å². The van der Waals surface area contributed by atoms with E-state index in [0.717, 1.165) is 21.8 Å². The van der Waals surface area contributed by atoms with E-state index in [2.05, 4.69) is 23.8 Å². The van der Waals surface area contributed by atoms with Gasteiger partial charge in [-0.05, 0) is 16.7 Å². The van der Waals surface area contributed by atoms with Crippen LogP contribution in [-0.4, -0.2) is 15.2 Å². The zero-order valence-electron chi connectivity index (χ0n) is 8.53. The highest BCUT2D eigenvalue weighted by Crippen LogP contribution is 2.26. The molecule has 2 aromatic rings. The third-order valence-electron chi connectivity index (χ3n) is 1.87. The molecule has 15 heavy (non-hydrogen) atoms. The largest absolute Gasteiger partial charge is 0.221 e. The number of thioether (sulfide) groups is 1. The Bertz CT molecular complexity index is 467. The van der Waals surface area contributed by atoms with Crippen LogP contribution in [0.15, 0.2) is 11.4 Å². The summed E-state index contributed by atoms with van der Waals surface area (Å²) in [4.78, 5) is 9.74. The maximum atomic E-state index is 6.07. The predicted octanol–water partition coefficient (Wildman–Crippen LogP) is 3.99. The normalized spacial score (nSPS) is 11.5. The molecule has 0 aliphatic carbocycles. The highest BCUT2D eigenvalue weighted by Gasteiger charge is 2.07. The molecule has 0 aliphatic heterocycles. The number of thiophene rings is 1. The number of fused-ring (bicyclic) bond motifs is 1. The van der Waals surface area contributed by atoms with Crippen molar-refractivity contribution < 1.29 is 0 Å². The summed E-state index contributed by atoms with van der Waals surface area (Å²) in [7, 11) is 0. The van der Waals surface area contributed by atoms with E-state index in [1.807, 2.05) is 23.2 Å². The third-order valence-corrected chi connectivity index (χ3v) is 4.06.